The maximum atomic E-state index is 12.5. The summed E-state index contributed by atoms with van der Waals surface area (Å²) < 4.78 is 0. The normalized spacial score (nSPS) is 21.7. The van der Waals surface area contributed by atoms with E-state index in [-0.39, 0.29) is 17.6 Å². The summed E-state index contributed by atoms with van der Waals surface area (Å²) in [5.41, 5.74) is 6.50. The molecule has 1 amide bonds. The summed E-state index contributed by atoms with van der Waals surface area (Å²) in [7, 11) is 1.66. The van der Waals surface area contributed by atoms with Crippen LogP contribution in [0.25, 0.3) is 0 Å². The number of amides is 1. The topological polar surface area (TPSA) is 92.7 Å². The van der Waals surface area contributed by atoms with E-state index in [0.717, 1.165) is 19.5 Å². The van der Waals surface area contributed by atoms with Crippen LogP contribution >= 0.6 is 0 Å². The highest BCUT2D eigenvalue weighted by Gasteiger charge is 2.28. The second-order valence-electron chi connectivity index (χ2n) is 7.31. The predicted molar refractivity (Wildman–Crippen MR) is 98.9 cm³/mol. The van der Waals surface area contributed by atoms with Crippen LogP contribution in [0.2, 0.25) is 0 Å². The van der Waals surface area contributed by atoms with Gasteiger partial charge in [0.05, 0.1) is 4.92 Å². The maximum Gasteiger partial charge on any atom is 0.293 e. The third kappa shape index (κ3) is 4.28. The van der Waals surface area contributed by atoms with E-state index in [0.29, 0.717) is 29.6 Å². The lowest BCUT2D eigenvalue weighted by Gasteiger charge is -2.36. The van der Waals surface area contributed by atoms with Crippen LogP contribution in [0.4, 0.5) is 11.4 Å². The highest BCUT2D eigenvalue weighted by atomic mass is 16.6. The van der Waals surface area contributed by atoms with Crippen molar-refractivity contribution in [1.29, 1.82) is 0 Å². The molecule has 0 saturated carbocycles. The van der Waals surface area contributed by atoms with E-state index in [1.165, 1.54) is 11.0 Å². The fraction of sp³-hybridized carbons (Fsp3) is 0.611. The van der Waals surface area contributed by atoms with E-state index in [2.05, 4.69) is 18.7 Å². The molecule has 0 aliphatic carbocycles. The number of likely N-dealkylation sites (N-methyl/N-ethyl adjacent to an activating group) is 1. The summed E-state index contributed by atoms with van der Waals surface area (Å²) in [5.74, 6) is 0.718. The Morgan fingerprint density at radius 1 is 1.40 bits per heavy atom. The lowest BCUT2D eigenvalue weighted by molar-refractivity contribution is -0.384. The summed E-state index contributed by atoms with van der Waals surface area (Å²) in [6, 6.07) is 4.64. The Bertz CT molecular complexity index is 639. The fourth-order valence-electron chi connectivity index (χ4n) is 3.49. The molecule has 1 fully saturated rings. The molecule has 138 valence electrons. The van der Waals surface area contributed by atoms with Gasteiger partial charge in [0, 0.05) is 44.4 Å². The second-order valence-corrected chi connectivity index (χ2v) is 7.31. The zero-order valence-electron chi connectivity index (χ0n) is 15.4. The number of anilines is 1. The Morgan fingerprint density at radius 3 is 2.52 bits per heavy atom. The lowest BCUT2D eigenvalue weighted by atomic mass is 9.91. The quantitative estimate of drug-likeness (QED) is 0.652. The highest BCUT2D eigenvalue weighted by molar-refractivity contribution is 5.95. The highest BCUT2D eigenvalue weighted by Crippen LogP contribution is 2.34. The van der Waals surface area contributed by atoms with Crippen molar-refractivity contribution in [2.75, 3.05) is 31.6 Å². The summed E-state index contributed by atoms with van der Waals surface area (Å²) in [6.07, 6.45) is 1.13. The molecule has 1 aromatic carbocycles. The van der Waals surface area contributed by atoms with Crippen molar-refractivity contribution in [1.82, 2.24) is 4.90 Å². The van der Waals surface area contributed by atoms with E-state index in [1.54, 1.807) is 19.2 Å². The third-order valence-electron chi connectivity index (χ3n) is 4.95. The van der Waals surface area contributed by atoms with Gasteiger partial charge in [0.25, 0.3) is 11.6 Å². The molecule has 1 saturated heterocycles. The van der Waals surface area contributed by atoms with Gasteiger partial charge < -0.3 is 15.5 Å². The standard InChI is InChI=1S/C18H28N4O3/c1-12-7-13(2)11-21(10-12)16-6-5-15(8-17(16)22(24)25)18(23)20(4)14(3)9-19/h5-6,8,12-14H,7,9-11,19H2,1-4H3. The molecule has 3 unspecified atom stereocenters. The van der Waals surface area contributed by atoms with Crippen molar-refractivity contribution in [3.8, 4) is 0 Å². The van der Waals surface area contributed by atoms with Gasteiger partial charge in [-0.25, -0.2) is 0 Å². The Kier molecular flexibility index (Phi) is 6.00. The fourth-order valence-corrected chi connectivity index (χ4v) is 3.49. The Morgan fingerprint density at radius 2 is 2.00 bits per heavy atom. The first kappa shape index (κ1) is 19.2. The van der Waals surface area contributed by atoms with Gasteiger partial charge in [-0.05, 0) is 37.3 Å². The lowest BCUT2D eigenvalue weighted by Crippen LogP contribution is -2.40. The summed E-state index contributed by atoms with van der Waals surface area (Å²) in [4.78, 5) is 27.3. The van der Waals surface area contributed by atoms with Gasteiger partial charge >= 0.3 is 0 Å². The average Bonchev–Trinajstić information content (AvgIpc) is 2.58. The van der Waals surface area contributed by atoms with Crippen molar-refractivity contribution in [2.24, 2.45) is 17.6 Å². The molecule has 0 spiro atoms. The van der Waals surface area contributed by atoms with E-state index in [1.807, 2.05) is 6.92 Å². The number of nitro groups is 1. The number of carbonyl (C=O) groups excluding carboxylic acids is 1. The molecule has 2 N–H and O–H groups in total. The first-order chi connectivity index (χ1) is 11.7. The van der Waals surface area contributed by atoms with Gasteiger partial charge in [-0.2, -0.15) is 0 Å². The minimum atomic E-state index is -0.400. The van der Waals surface area contributed by atoms with Crippen molar-refractivity contribution in [3.05, 3.63) is 33.9 Å². The van der Waals surface area contributed by atoms with Crippen LogP contribution < -0.4 is 10.6 Å². The Labute approximate surface area is 148 Å². The van der Waals surface area contributed by atoms with Crippen molar-refractivity contribution >= 4 is 17.3 Å². The largest absolute Gasteiger partial charge is 0.365 e. The molecule has 1 aliphatic heterocycles. The zero-order valence-corrected chi connectivity index (χ0v) is 15.4. The molecule has 1 heterocycles. The van der Waals surface area contributed by atoms with Gasteiger partial charge in [0.2, 0.25) is 0 Å². The molecule has 7 nitrogen and oxygen atoms in total. The molecule has 2 rings (SSSR count). The number of hydrogen-bond acceptors (Lipinski definition) is 5. The van der Waals surface area contributed by atoms with Crippen LogP contribution in [0.15, 0.2) is 18.2 Å². The van der Waals surface area contributed by atoms with Gasteiger partial charge in [0.15, 0.2) is 0 Å². The number of benzene rings is 1. The van der Waals surface area contributed by atoms with E-state index in [4.69, 9.17) is 5.73 Å². The number of hydrogen-bond donors (Lipinski definition) is 1. The third-order valence-corrected chi connectivity index (χ3v) is 4.95. The summed E-state index contributed by atoms with van der Waals surface area (Å²) in [5, 5.41) is 11.6. The molecule has 1 aliphatic rings. The van der Waals surface area contributed by atoms with Crippen LogP contribution in [0.1, 0.15) is 37.6 Å². The molecular weight excluding hydrogens is 320 g/mol. The molecule has 0 radical (unpaired) electrons. The minimum absolute atomic E-state index is 0.0130. The van der Waals surface area contributed by atoms with Crippen LogP contribution in [-0.2, 0) is 0 Å². The number of nitrogens with zero attached hydrogens (tertiary/aromatic N) is 3. The van der Waals surface area contributed by atoms with Crippen molar-refractivity contribution < 1.29 is 9.72 Å². The van der Waals surface area contributed by atoms with E-state index in [9.17, 15) is 14.9 Å². The smallest absolute Gasteiger partial charge is 0.293 e. The van der Waals surface area contributed by atoms with Crippen LogP contribution in [0, 0.1) is 22.0 Å². The molecule has 25 heavy (non-hydrogen) atoms. The van der Waals surface area contributed by atoms with Crippen LogP contribution in [0.3, 0.4) is 0 Å². The SMILES string of the molecule is CC1CC(C)CN(c2ccc(C(=O)N(C)C(C)CN)cc2[N+](=O)[O-])C1. The molecular formula is C18H28N4O3. The Balaban J connectivity index is 2.35. The molecule has 1 aromatic rings. The first-order valence-electron chi connectivity index (χ1n) is 8.75. The predicted octanol–water partition coefficient (Wildman–Crippen LogP) is 2.50. The second kappa shape index (κ2) is 7.82. The first-order valence-corrected chi connectivity index (χ1v) is 8.75. The van der Waals surface area contributed by atoms with Crippen molar-refractivity contribution in [2.45, 2.75) is 33.2 Å². The number of rotatable bonds is 5. The van der Waals surface area contributed by atoms with E-state index >= 15 is 0 Å². The monoisotopic (exact) mass is 348 g/mol. The molecule has 0 aromatic heterocycles. The zero-order chi connectivity index (χ0) is 18.7. The van der Waals surface area contributed by atoms with E-state index < -0.39 is 4.92 Å². The van der Waals surface area contributed by atoms with Gasteiger partial charge in [0.1, 0.15) is 5.69 Å². The molecule has 0 bridgehead atoms. The van der Waals surface area contributed by atoms with Crippen molar-refractivity contribution in [3.63, 3.8) is 0 Å². The minimum Gasteiger partial charge on any atom is -0.365 e. The number of piperidine rings is 1. The van der Waals surface area contributed by atoms with Gasteiger partial charge in [-0.15, -0.1) is 0 Å². The summed E-state index contributed by atoms with van der Waals surface area (Å²) >= 11 is 0. The average molecular weight is 348 g/mol. The number of nitrogens with two attached hydrogens (primary N) is 1. The van der Waals surface area contributed by atoms with Crippen LogP contribution in [0.5, 0.6) is 0 Å². The van der Waals surface area contributed by atoms with Crippen LogP contribution in [-0.4, -0.2) is 48.5 Å². The summed E-state index contributed by atoms with van der Waals surface area (Å²) in [6.45, 7) is 8.10. The Hall–Kier alpha value is -2.15. The van der Waals surface area contributed by atoms with Gasteiger partial charge in [-0.3, -0.25) is 14.9 Å². The molecule has 3 atom stereocenters. The number of nitro benzene ring substituents is 1. The van der Waals surface area contributed by atoms with Gasteiger partial charge in [-0.1, -0.05) is 13.8 Å². The maximum absolute atomic E-state index is 12.5. The molecule has 7 heteroatoms. The number of carbonyl (C=O) groups is 1.